The molecule has 0 bridgehead atoms. The number of nitrogens with one attached hydrogen (secondary N) is 1. The predicted octanol–water partition coefficient (Wildman–Crippen LogP) is 4.39. The number of carbonyl (C=O) groups excluding carboxylic acids is 2. The van der Waals surface area contributed by atoms with Crippen LogP contribution in [0.1, 0.15) is 11.1 Å². The van der Waals surface area contributed by atoms with Crippen molar-refractivity contribution in [2.45, 2.75) is 6.61 Å². The molecule has 0 saturated carbocycles. The first-order valence-corrected chi connectivity index (χ1v) is 9.72. The second-order valence-corrected chi connectivity index (χ2v) is 7.33. The summed E-state index contributed by atoms with van der Waals surface area (Å²) in [6.07, 6.45) is 3.05. The molecular formula is C21H16Cl2N2O3S. The standard InChI is InChI=1S/C21H16Cl2N2O3S/c1-2-9-25-20(27)16(19(26)24-21(25)29)10-13-3-6-15(7-4-13)28-12-14-5-8-17(22)18(23)11-14/h2-8,10-11H,1,9,12H2,(H,24,26,29)/b16-10+. The first kappa shape index (κ1) is 21.0. The Hall–Kier alpha value is -2.67. The third-order valence-corrected chi connectivity index (χ3v) is 5.14. The monoisotopic (exact) mass is 446 g/mol. The van der Waals surface area contributed by atoms with E-state index in [4.69, 9.17) is 40.2 Å². The number of amides is 2. The van der Waals surface area contributed by atoms with Gasteiger partial charge in [-0.15, -0.1) is 6.58 Å². The molecule has 1 heterocycles. The van der Waals surface area contributed by atoms with Gasteiger partial charge in [-0.05, 0) is 53.7 Å². The highest BCUT2D eigenvalue weighted by Crippen LogP contribution is 2.24. The summed E-state index contributed by atoms with van der Waals surface area (Å²) in [5.74, 6) is -0.356. The van der Waals surface area contributed by atoms with Crippen molar-refractivity contribution in [3.8, 4) is 5.75 Å². The highest BCUT2D eigenvalue weighted by Gasteiger charge is 2.32. The van der Waals surface area contributed by atoms with E-state index in [2.05, 4.69) is 11.9 Å². The molecule has 2 aromatic rings. The van der Waals surface area contributed by atoms with Crippen molar-refractivity contribution in [1.29, 1.82) is 0 Å². The zero-order chi connectivity index (χ0) is 21.0. The van der Waals surface area contributed by atoms with Crippen LogP contribution in [0.15, 0.2) is 60.7 Å². The fraction of sp³-hybridized carbons (Fsp3) is 0.0952. The van der Waals surface area contributed by atoms with Gasteiger partial charge in [-0.1, -0.05) is 47.5 Å². The molecule has 0 spiro atoms. The van der Waals surface area contributed by atoms with E-state index in [0.717, 1.165) is 5.56 Å². The Balaban J connectivity index is 1.71. The lowest BCUT2D eigenvalue weighted by molar-refractivity contribution is -0.128. The molecule has 29 heavy (non-hydrogen) atoms. The van der Waals surface area contributed by atoms with Crippen LogP contribution in [0.5, 0.6) is 5.75 Å². The topological polar surface area (TPSA) is 58.6 Å². The number of ether oxygens (including phenoxy) is 1. The quantitative estimate of drug-likeness (QED) is 0.309. The highest BCUT2D eigenvalue weighted by molar-refractivity contribution is 7.80. The second kappa shape index (κ2) is 9.22. The second-order valence-electron chi connectivity index (χ2n) is 6.13. The molecule has 0 aromatic heterocycles. The summed E-state index contributed by atoms with van der Waals surface area (Å²) in [4.78, 5) is 26.0. The molecule has 2 aromatic carbocycles. The average Bonchev–Trinajstić information content (AvgIpc) is 2.70. The Morgan fingerprint density at radius 3 is 2.48 bits per heavy atom. The summed E-state index contributed by atoms with van der Waals surface area (Å²) in [5.41, 5.74) is 1.56. The third kappa shape index (κ3) is 5.03. The van der Waals surface area contributed by atoms with Crippen molar-refractivity contribution in [2.75, 3.05) is 6.54 Å². The number of thiocarbonyl (C=S) groups is 1. The van der Waals surface area contributed by atoms with Crippen LogP contribution in [0.3, 0.4) is 0 Å². The van der Waals surface area contributed by atoms with Gasteiger partial charge in [0, 0.05) is 6.54 Å². The fourth-order valence-electron chi connectivity index (χ4n) is 2.61. The lowest BCUT2D eigenvalue weighted by Crippen LogP contribution is -2.53. The Morgan fingerprint density at radius 1 is 1.10 bits per heavy atom. The fourth-order valence-corrected chi connectivity index (χ4v) is 3.18. The summed E-state index contributed by atoms with van der Waals surface area (Å²) in [7, 11) is 0. The number of hydrogen-bond acceptors (Lipinski definition) is 4. The van der Waals surface area contributed by atoms with E-state index in [1.54, 1.807) is 42.5 Å². The van der Waals surface area contributed by atoms with Gasteiger partial charge in [0.1, 0.15) is 17.9 Å². The molecule has 2 amide bonds. The minimum absolute atomic E-state index is 0.00456. The molecule has 1 saturated heterocycles. The smallest absolute Gasteiger partial charge is 0.265 e. The van der Waals surface area contributed by atoms with E-state index in [1.165, 1.54) is 11.0 Å². The van der Waals surface area contributed by atoms with Crippen LogP contribution in [-0.2, 0) is 16.2 Å². The molecule has 0 unspecified atom stereocenters. The van der Waals surface area contributed by atoms with Crippen LogP contribution in [-0.4, -0.2) is 28.4 Å². The van der Waals surface area contributed by atoms with E-state index in [-0.39, 0.29) is 17.2 Å². The Kier molecular flexibility index (Phi) is 6.69. The van der Waals surface area contributed by atoms with Crippen molar-refractivity contribution >= 4 is 58.4 Å². The number of halogens is 2. The third-order valence-electron chi connectivity index (χ3n) is 4.08. The van der Waals surface area contributed by atoms with Gasteiger partial charge in [-0.2, -0.15) is 0 Å². The molecule has 1 aliphatic heterocycles. The minimum atomic E-state index is -0.528. The summed E-state index contributed by atoms with van der Waals surface area (Å²) in [6.45, 7) is 4.14. The van der Waals surface area contributed by atoms with E-state index in [1.807, 2.05) is 6.07 Å². The van der Waals surface area contributed by atoms with Crippen molar-refractivity contribution < 1.29 is 14.3 Å². The van der Waals surface area contributed by atoms with Gasteiger partial charge in [0.15, 0.2) is 5.11 Å². The molecule has 8 heteroatoms. The first-order valence-electron chi connectivity index (χ1n) is 8.55. The van der Waals surface area contributed by atoms with Crippen LogP contribution in [0.4, 0.5) is 0 Å². The van der Waals surface area contributed by atoms with Crippen molar-refractivity contribution in [2.24, 2.45) is 0 Å². The van der Waals surface area contributed by atoms with Crippen molar-refractivity contribution in [3.05, 3.63) is 81.9 Å². The van der Waals surface area contributed by atoms with Gasteiger partial charge >= 0.3 is 0 Å². The van der Waals surface area contributed by atoms with Gasteiger partial charge in [-0.25, -0.2) is 0 Å². The molecular weight excluding hydrogens is 431 g/mol. The van der Waals surface area contributed by atoms with E-state index in [0.29, 0.717) is 28.0 Å². The largest absolute Gasteiger partial charge is 0.489 e. The molecule has 0 radical (unpaired) electrons. The summed E-state index contributed by atoms with van der Waals surface area (Å²) >= 11 is 16.9. The van der Waals surface area contributed by atoms with Gasteiger partial charge in [-0.3, -0.25) is 19.8 Å². The van der Waals surface area contributed by atoms with Crippen molar-refractivity contribution in [3.63, 3.8) is 0 Å². The molecule has 0 aliphatic carbocycles. The van der Waals surface area contributed by atoms with Gasteiger partial charge < -0.3 is 4.74 Å². The normalized spacial score (nSPS) is 15.4. The van der Waals surface area contributed by atoms with Crippen molar-refractivity contribution in [1.82, 2.24) is 10.2 Å². The van der Waals surface area contributed by atoms with Gasteiger partial charge in [0.25, 0.3) is 11.8 Å². The molecule has 3 rings (SSSR count). The Labute approximate surface area is 183 Å². The molecule has 1 aliphatic rings. The lowest BCUT2D eigenvalue weighted by atomic mass is 10.1. The van der Waals surface area contributed by atoms with Crippen LogP contribution in [0.25, 0.3) is 6.08 Å². The predicted molar refractivity (Wildman–Crippen MR) is 118 cm³/mol. The molecule has 1 N–H and O–H groups in total. The maximum atomic E-state index is 12.5. The van der Waals surface area contributed by atoms with E-state index in [9.17, 15) is 9.59 Å². The van der Waals surface area contributed by atoms with Gasteiger partial charge in [0.2, 0.25) is 0 Å². The highest BCUT2D eigenvalue weighted by atomic mass is 35.5. The Morgan fingerprint density at radius 2 is 1.83 bits per heavy atom. The summed E-state index contributed by atoms with van der Waals surface area (Å²) in [5, 5.41) is 3.54. The molecule has 1 fully saturated rings. The van der Waals surface area contributed by atoms with Crippen LogP contribution in [0.2, 0.25) is 10.0 Å². The zero-order valence-corrected chi connectivity index (χ0v) is 17.5. The molecule has 0 atom stereocenters. The maximum Gasteiger partial charge on any atom is 0.265 e. The summed E-state index contributed by atoms with van der Waals surface area (Å²) in [6, 6.07) is 12.3. The zero-order valence-electron chi connectivity index (χ0n) is 15.2. The SMILES string of the molecule is C=CCN1C(=O)/C(=C/c2ccc(OCc3ccc(Cl)c(Cl)c3)cc2)C(=O)NC1=S. The lowest BCUT2D eigenvalue weighted by Gasteiger charge is -2.27. The number of nitrogens with zero attached hydrogens (tertiary/aromatic N) is 1. The molecule has 5 nitrogen and oxygen atoms in total. The van der Waals surface area contributed by atoms with Crippen LogP contribution >= 0.6 is 35.4 Å². The first-order chi connectivity index (χ1) is 13.9. The average molecular weight is 447 g/mol. The minimum Gasteiger partial charge on any atom is -0.489 e. The molecule has 148 valence electrons. The Bertz CT molecular complexity index is 1020. The number of benzene rings is 2. The number of rotatable bonds is 6. The van der Waals surface area contributed by atoms with E-state index >= 15 is 0 Å². The van der Waals surface area contributed by atoms with Crippen LogP contribution < -0.4 is 10.1 Å². The maximum absolute atomic E-state index is 12.5. The van der Waals surface area contributed by atoms with Crippen LogP contribution in [0, 0.1) is 0 Å². The summed E-state index contributed by atoms with van der Waals surface area (Å²) < 4.78 is 5.73. The number of hydrogen-bond donors (Lipinski definition) is 1. The number of carbonyl (C=O) groups is 2. The van der Waals surface area contributed by atoms with E-state index < -0.39 is 11.8 Å². The van der Waals surface area contributed by atoms with Gasteiger partial charge in [0.05, 0.1) is 10.0 Å².